The number of aliphatic carboxylic acids is 1. The third-order valence-electron chi connectivity index (χ3n) is 4.19. The quantitative estimate of drug-likeness (QED) is 0.619. The summed E-state index contributed by atoms with van der Waals surface area (Å²) in [6.45, 7) is 1.68. The van der Waals surface area contributed by atoms with E-state index in [1.54, 1.807) is 24.3 Å². The van der Waals surface area contributed by atoms with Gasteiger partial charge in [-0.2, -0.15) is 5.10 Å². The van der Waals surface area contributed by atoms with E-state index in [9.17, 15) is 14.7 Å². The number of hydrogen-bond donors (Lipinski definition) is 1. The summed E-state index contributed by atoms with van der Waals surface area (Å²) in [5, 5.41) is 14.5. The molecule has 0 saturated heterocycles. The summed E-state index contributed by atoms with van der Waals surface area (Å²) in [6.07, 6.45) is 4.64. The maximum Gasteiger partial charge on any atom is 0.281 e. The van der Waals surface area contributed by atoms with Crippen molar-refractivity contribution >= 4 is 29.4 Å². The summed E-state index contributed by atoms with van der Waals surface area (Å²) in [4.78, 5) is 24.8. The van der Waals surface area contributed by atoms with Crippen LogP contribution in [-0.2, 0) is 17.6 Å². The molecule has 1 N–H and O–H groups in total. The topological polar surface area (TPSA) is 90.8 Å². The maximum absolute atomic E-state index is 12.3. The van der Waals surface area contributed by atoms with Crippen LogP contribution in [0.2, 0.25) is 0 Å². The Morgan fingerprint density at radius 2 is 2.23 bits per heavy atom. The van der Waals surface area contributed by atoms with Crippen molar-refractivity contribution < 1.29 is 19.4 Å². The Bertz CT molecular complexity index is 844. The molecule has 0 spiro atoms. The van der Waals surface area contributed by atoms with Gasteiger partial charge in [-0.05, 0) is 48.9 Å². The van der Waals surface area contributed by atoms with Crippen LogP contribution >= 0.6 is 11.3 Å². The van der Waals surface area contributed by atoms with Gasteiger partial charge in [-0.3, -0.25) is 4.79 Å². The number of nitrogens with zero attached hydrogens (tertiary/aromatic N) is 1. The molecule has 0 aliphatic heterocycles. The van der Waals surface area contributed by atoms with Crippen LogP contribution in [0, 0.1) is 5.92 Å². The molecule has 0 saturated carbocycles. The molecule has 136 valence electrons. The van der Waals surface area contributed by atoms with Crippen molar-refractivity contribution in [2.45, 2.75) is 26.2 Å². The van der Waals surface area contributed by atoms with E-state index in [0.29, 0.717) is 22.1 Å². The summed E-state index contributed by atoms with van der Waals surface area (Å²) in [5.74, 6) is -0.540. The zero-order valence-electron chi connectivity index (χ0n) is 14.4. The number of amides is 1. The summed E-state index contributed by atoms with van der Waals surface area (Å²) >= 11 is 1.52. The first kappa shape index (κ1) is 18.1. The minimum absolute atomic E-state index is 0.249. The molecule has 1 aliphatic carbocycles. The molecule has 0 unspecified atom stereocenters. The normalized spacial score (nSPS) is 16.3. The van der Waals surface area contributed by atoms with Gasteiger partial charge >= 0.3 is 0 Å². The molecular weight excluding hydrogens is 352 g/mol. The Balaban J connectivity index is 1.64. The van der Waals surface area contributed by atoms with Crippen molar-refractivity contribution in [3.8, 4) is 5.75 Å². The number of rotatable bonds is 6. The summed E-state index contributed by atoms with van der Waals surface area (Å²) < 4.78 is 5.14. The van der Waals surface area contributed by atoms with E-state index in [0.717, 1.165) is 19.3 Å². The number of nitrogens with one attached hydrogen (secondary N) is 1. The number of ether oxygens (including phenoxy) is 1. The molecule has 0 bridgehead atoms. The Kier molecular flexibility index (Phi) is 5.68. The molecule has 3 rings (SSSR count). The number of fused-ring (bicyclic) bond motifs is 1. The molecule has 1 atom stereocenters. The molecule has 1 heterocycles. The van der Waals surface area contributed by atoms with E-state index in [-0.39, 0.29) is 5.91 Å². The van der Waals surface area contributed by atoms with Crippen LogP contribution in [0.3, 0.4) is 0 Å². The fourth-order valence-corrected chi connectivity index (χ4v) is 3.99. The standard InChI is InChI=1S/C19H20N2O4S/c1-12-6-7-16-14(8-12)9-17(26-16)19(24)21-20-10-13-4-2-3-5-15(13)25-11-18(22)23/h2-5,9-10,12H,6-8,11H2,1H3,(H,21,24)(H,22,23)/p-1/b20-10-/t12-/m0/s1. The van der Waals surface area contributed by atoms with Crippen LogP contribution in [0.4, 0.5) is 0 Å². The van der Waals surface area contributed by atoms with E-state index in [1.165, 1.54) is 28.0 Å². The molecule has 26 heavy (non-hydrogen) atoms. The first-order valence-corrected chi connectivity index (χ1v) is 9.21. The molecule has 1 aromatic carbocycles. The molecule has 1 amide bonds. The third-order valence-corrected chi connectivity index (χ3v) is 5.42. The fourth-order valence-electron chi connectivity index (χ4n) is 2.89. The second-order valence-corrected chi connectivity index (χ2v) is 7.44. The smallest absolute Gasteiger partial charge is 0.281 e. The first-order valence-electron chi connectivity index (χ1n) is 8.39. The lowest BCUT2D eigenvalue weighted by molar-refractivity contribution is -0.307. The lowest BCUT2D eigenvalue weighted by Gasteiger charge is -2.16. The number of carbonyl (C=O) groups excluding carboxylic acids is 2. The van der Waals surface area contributed by atoms with Crippen LogP contribution in [0.1, 0.15) is 39.0 Å². The minimum Gasteiger partial charge on any atom is -0.546 e. The van der Waals surface area contributed by atoms with Crippen molar-refractivity contribution in [1.29, 1.82) is 0 Å². The number of para-hydroxylation sites is 1. The molecule has 0 fully saturated rings. The predicted molar refractivity (Wildman–Crippen MR) is 97.5 cm³/mol. The van der Waals surface area contributed by atoms with Gasteiger partial charge in [-0.1, -0.05) is 19.1 Å². The summed E-state index contributed by atoms with van der Waals surface area (Å²) in [7, 11) is 0. The van der Waals surface area contributed by atoms with Gasteiger partial charge in [0, 0.05) is 10.4 Å². The van der Waals surface area contributed by atoms with E-state index in [2.05, 4.69) is 17.5 Å². The number of aryl methyl sites for hydroxylation is 1. The number of benzene rings is 1. The summed E-state index contributed by atoms with van der Waals surface area (Å²) in [6, 6.07) is 8.78. The number of hydrazone groups is 1. The lowest BCUT2D eigenvalue weighted by Crippen LogP contribution is -2.29. The van der Waals surface area contributed by atoms with Crippen molar-refractivity contribution in [2.75, 3.05) is 6.61 Å². The minimum atomic E-state index is -1.30. The molecule has 6 nitrogen and oxygen atoms in total. The Hall–Kier alpha value is -2.67. The third kappa shape index (κ3) is 4.49. The molecule has 1 aromatic heterocycles. The first-order chi connectivity index (χ1) is 12.5. The van der Waals surface area contributed by atoms with Crippen LogP contribution < -0.4 is 15.3 Å². The van der Waals surface area contributed by atoms with Crippen molar-refractivity contribution in [1.82, 2.24) is 5.43 Å². The molecular formula is C19H19N2O4S-. The van der Waals surface area contributed by atoms with Gasteiger partial charge in [-0.25, -0.2) is 5.43 Å². The molecule has 0 radical (unpaired) electrons. The molecule has 1 aliphatic rings. The highest BCUT2D eigenvalue weighted by Gasteiger charge is 2.20. The number of carbonyl (C=O) groups is 2. The highest BCUT2D eigenvalue weighted by molar-refractivity contribution is 7.14. The van der Waals surface area contributed by atoms with Crippen LogP contribution in [0.5, 0.6) is 5.75 Å². The van der Waals surface area contributed by atoms with Crippen LogP contribution in [-0.4, -0.2) is 24.7 Å². The zero-order chi connectivity index (χ0) is 18.5. The van der Waals surface area contributed by atoms with E-state index < -0.39 is 12.6 Å². The van der Waals surface area contributed by atoms with Crippen LogP contribution in [0.25, 0.3) is 0 Å². The van der Waals surface area contributed by atoms with Crippen LogP contribution in [0.15, 0.2) is 35.4 Å². The van der Waals surface area contributed by atoms with Crippen molar-refractivity contribution in [2.24, 2.45) is 11.0 Å². The van der Waals surface area contributed by atoms with Gasteiger partial charge in [0.2, 0.25) is 0 Å². The number of carboxylic acids is 1. The van der Waals surface area contributed by atoms with Gasteiger partial charge in [0.15, 0.2) is 0 Å². The van der Waals surface area contributed by atoms with Gasteiger partial charge < -0.3 is 14.6 Å². The van der Waals surface area contributed by atoms with E-state index >= 15 is 0 Å². The van der Waals surface area contributed by atoms with Crippen molar-refractivity contribution in [3.63, 3.8) is 0 Å². The Morgan fingerprint density at radius 1 is 1.42 bits per heavy atom. The Morgan fingerprint density at radius 3 is 3.04 bits per heavy atom. The molecule has 2 aromatic rings. The highest BCUT2D eigenvalue weighted by atomic mass is 32.1. The van der Waals surface area contributed by atoms with Crippen molar-refractivity contribution in [3.05, 3.63) is 51.2 Å². The second kappa shape index (κ2) is 8.14. The average Bonchev–Trinajstić information content (AvgIpc) is 3.04. The number of carboxylic acid groups (broad SMARTS) is 1. The molecule has 7 heteroatoms. The highest BCUT2D eigenvalue weighted by Crippen LogP contribution is 2.32. The predicted octanol–water partition coefficient (Wildman–Crippen LogP) is 1.77. The zero-order valence-corrected chi connectivity index (χ0v) is 15.2. The van der Waals surface area contributed by atoms with Gasteiger partial charge in [0.05, 0.1) is 17.1 Å². The lowest BCUT2D eigenvalue weighted by atomic mass is 9.90. The van der Waals surface area contributed by atoms with E-state index in [1.807, 2.05) is 6.07 Å². The van der Waals surface area contributed by atoms with Gasteiger partial charge in [0.25, 0.3) is 5.91 Å². The average molecular weight is 371 g/mol. The summed E-state index contributed by atoms with van der Waals surface area (Å²) in [5.41, 5.74) is 4.35. The monoisotopic (exact) mass is 371 g/mol. The van der Waals surface area contributed by atoms with Gasteiger partial charge in [0.1, 0.15) is 12.4 Å². The second-order valence-electron chi connectivity index (χ2n) is 6.30. The largest absolute Gasteiger partial charge is 0.546 e. The number of hydrogen-bond acceptors (Lipinski definition) is 6. The fraction of sp³-hybridized carbons (Fsp3) is 0.316. The van der Waals surface area contributed by atoms with E-state index in [4.69, 9.17) is 4.74 Å². The SMILES string of the molecule is C[C@H]1CCc2sc(C(=O)N/N=C\c3ccccc3OCC(=O)[O-])cc2C1. The number of thiophene rings is 1. The Labute approximate surface area is 155 Å². The maximum atomic E-state index is 12.3. The van der Waals surface area contributed by atoms with Gasteiger partial charge in [-0.15, -0.1) is 11.3 Å².